The third-order valence-corrected chi connectivity index (χ3v) is 4.08. The van der Waals surface area contributed by atoms with Crippen LogP contribution in [0.3, 0.4) is 0 Å². The van der Waals surface area contributed by atoms with Gasteiger partial charge < -0.3 is 15.8 Å². The van der Waals surface area contributed by atoms with E-state index in [2.05, 4.69) is 5.32 Å². The van der Waals surface area contributed by atoms with E-state index in [4.69, 9.17) is 10.5 Å². The molecule has 3 N–H and O–H groups in total. The Hall–Kier alpha value is -1.55. The van der Waals surface area contributed by atoms with E-state index in [0.717, 1.165) is 29.7 Å². The molecule has 0 aliphatic carbocycles. The molecule has 0 fully saturated rings. The lowest BCUT2D eigenvalue weighted by atomic mass is 9.93. The molecule has 118 valence electrons. The molecule has 0 aliphatic rings. The maximum Gasteiger partial charge on any atom is 0.223 e. The number of hydrogen-bond acceptors (Lipinski definition) is 3. The van der Waals surface area contributed by atoms with Gasteiger partial charge in [0.15, 0.2) is 0 Å². The summed E-state index contributed by atoms with van der Waals surface area (Å²) in [5.74, 6) is 0.841. The van der Waals surface area contributed by atoms with E-state index in [-0.39, 0.29) is 11.4 Å². The average molecular weight is 292 g/mol. The molecule has 0 aliphatic heterocycles. The number of hydrogen-bond donors (Lipinski definition) is 2. The lowest BCUT2D eigenvalue weighted by Crippen LogP contribution is -2.53. The number of benzene rings is 1. The SMILES string of the molecule is CCC(CC)(CN)NC(=O)CCOc1cc(C)ccc1C. The Morgan fingerprint density at radius 3 is 2.52 bits per heavy atom. The van der Waals surface area contributed by atoms with E-state index in [1.54, 1.807) is 0 Å². The zero-order valence-electron chi connectivity index (χ0n) is 13.7. The Kier molecular flexibility index (Phi) is 6.69. The Balaban J connectivity index is 2.48. The lowest BCUT2D eigenvalue weighted by molar-refractivity contribution is -0.123. The maximum atomic E-state index is 12.0. The van der Waals surface area contributed by atoms with Gasteiger partial charge in [-0.1, -0.05) is 26.0 Å². The van der Waals surface area contributed by atoms with E-state index in [9.17, 15) is 4.79 Å². The molecule has 21 heavy (non-hydrogen) atoms. The molecule has 0 spiro atoms. The summed E-state index contributed by atoms with van der Waals surface area (Å²) in [6, 6.07) is 6.07. The molecular weight excluding hydrogens is 264 g/mol. The number of aryl methyl sites for hydroxylation is 2. The van der Waals surface area contributed by atoms with E-state index >= 15 is 0 Å². The van der Waals surface area contributed by atoms with Crippen LogP contribution >= 0.6 is 0 Å². The second-order valence-corrected chi connectivity index (χ2v) is 5.61. The van der Waals surface area contributed by atoms with Gasteiger partial charge in [-0.2, -0.15) is 0 Å². The number of nitrogens with two attached hydrogens (primary N) is 1. The third kappa shape index (κ3) is 5.05. The Morgan fingerprint density at radius 1 is 1.29 bits per heavy atom. The first-order chi connectivity index (χ1) is 9.96. The van der Waals surface area contributed by atoms with Crippen molar-refractivity contribution >= 4 is 5.91 Å². The first kappa shape index (κ1) is 17.5. The predicted octanol–water partition coefficient (Wildman–Crippen LogP) is 2.71. The van der Waals surface area contributed by atoms with Crippen molar-refractivity contribution in [2.24, 2.45) is 5.73 Å². The Morgan fingerprint density at radius 2 is 1.95 bits per heavy atom. The molecule has 0 saturated heterocycles. The summed E-state index contributed by atoms with van der Waals surface area (Å²) in [7, 11) is 0. The average Bonchev–Trinajstić information content (AvgIpc) is 2.48. The zero-order chi connectivity index (χ0) is 15.9. The minimum absolute atomic E-state index is 0.00513. The third-order valence-electron chi connectivity index (χ3n) is 4.08. The van der Waals surface area contributed by atoms with Crippen LogP contribution in [0.4, 0.5) is 0 Å². The van der Waals surface area contributed by atoms with Crippen molar-refractivity contribution in [3.8, 4) is 5.75 Å². The molecular formula is C17H28N2O2. The van der Waals surface area contributed by atoms with Crippen LogP contribution in [0.1, 0.15) is 44.2 Å². The summed E-state index contributed by atoms with van der Waals surface area (Å²) in [6.45, 7) is 8.96. The van der Waals surface area contributed by atoms with E-state index < -0.39 is 0 Å². The fourth-order valence-electron chi connectivity index (χ4n) is 2.24. The highest BCUT2D eigenvalue weighted by Crippen LogP contribution is 2.19. The smallest absolute Gasteiger partial charge is 0.223 e. The van der Waals surface area contributed by atoms with Crippen LogP contribution in [-0.2, 0) is 4.79 Å². The number of carbonyl (C=O) groups is 1. The van der Waals surface area contributed by atoms with Crippen molar-refractivity contribution in [1.29, 1.82) is 0 Å². The Labute approximate surface area is 128 Å². The highest BCUT2D eigenvalue weighted by atomic mass is 16.5. The van der Waals surface area contributed by atoms with Gasteiger partial charge in [0.05, 0.1) is 18.6 Å². The van der Waals surface area contributed by atoms with Gasteiger partial charge in [0.1, 0.15) is 5.75 Å². The highest BCUT2D eigenvalue weighted by molar-refractivity contribution is 5.77. The standard InChI is InChI=1S/C17H28N2O2/c1-5-17(6-2,12-18)19-16(20)9-10-21-15-11-13(3)7-8-14(15)4/h7-8,11H,5-6,9-10,12,18H2,1-4H3,(H,19,20). The largest absolute Gasteiger partial charge is 0.493 e. The number of nitrogens with one attached hydrogen (secondary N) is 1. The van der Waals surface area contributed by atoms with Crippen molar-refractivity contribution < 1.29 is 9.53 Å². The summed E-state index contributed by atoms with van der Waals surface area (Å²) >= 11 is 0. The molecule has 1 aromatic rings. The molecule has 1 amide bonds. The monoisotopic (exact) mass is 292 g/mol. The van der Waals surface area contributed by atoms with Crippen molar-refractivity contribution in [2.45, 2.75) is 52.5 Å². The van der Waals surface area contributed by atoms with Gasteiger partial charge in [0.2, 0.25) is 5.91 Å². The first-order valence-electron chi connectivity index (χ1n) is 7.67. The van der Waals surface area contributed by atoms with Crippen LogP contribution in [0.5, 0.6) is 5.75 Å². The summed E-state index contributed by atoms with van der Waals surface area (Å²) in [5, 5.41) is 3.05. The van der Waals surface area contributed by atoms with Crippen molar-refractivity contribution in [3.05, 3.63) is 29.3 Å². The maximum absolute atomic E-state index is 12.0. The summed E-state index contributed by atoms with van der Waals surface area (Å²) < 4.78 is 5.71. The van der Waals surface area contributed by atoms with E-state index in [1.807, 2.05) is 45.9 Å². The molecule has 4 heteroatoms. The molecule has 0 bridgehead atoms. The Bertz CT molecular complexity index is 460. The highest BCUT2D eigenvalue weighted by Gasteiger charge is 2.25. The number of carbonyl (C=O) groups excluding carboxylic acids is 1. The van der Waals surface area contributed by atoms with Crippen LogP contribution in [0.2, 0.25) is 0 Å². The minimum atomic E-state index is -0.281. The van der Waals surface area contributed by atoms with Crippen LogP contribution in [-0.4, -0.2) is 24.6 Å². The molecule has 0 aromatic heterocycles. The summed E-state index contributed by atoms with van der Waals surface area (Å²) in [6.07, 6.45) is 2.02. The van der Waals surface area contributed by atoms with E-state index in [1.165, 1.54) is 0 Å². The molecule has 0 radical (unpaired) electrons. The van der Waals surface area contributed by atoms with Crippen LogP contribution in [0.25, 0.3) is 0 Å². The first-order valence-corrected chi connectivity index (χ1v) is 7.67. The fourth-order valence-corrected chi connectivity index (χ4v) is 2.24. The second kappa shape index (κ2) is 8.03. The van der Waals surface area contributed by atoms with Gasteiger partial charge in [-0.05, 0) is 43.9 Å². The van der Waals surface area contributed by atoms with Gasteiger partial charge >= 0.3 is 0 Å². The van der Waals surface area contributed by atoms with E-state index in [0.29, 0.717) is 19.6 Å². The van der Waals surface area contributed by atoms with Crippen molar-refractivity contribution in [2.75, 3.05) is 13.2 Å². The second-order valence-electron chi connectivity index (χ2n) is 5.61. The van der Waals surface area contributed by atoms with Gasteiger partial charge in [-0.25, -0.2) is 0 Å². The normalized spacial score (nSPS) is 11.3. The van der Waals surface area contributed by atoms with Gasteiger partial charge in [0, 0.05) is 6.54 Å². The summed E-state index contributed by atoms with van der Waals surface area (Å²) in [5.41, 5.74) is 7.74. The van der Waals surface area contributed by atoms with Crippen LogP contribution in [0.15, 0.2) is 18.2 Å². The number of amides is 1. The molecule has 4 nitrogen and oxygen atoms in total. The molecule has 1 rings (SSSR count). The van der Waals surface area contributed by atoms with Crippen LogP contribution in [0, 0.1) is 13.8 Å². The minimum Gasteiger partial charge on any atom is -0.493 e. The van der Waals surface area contributed by atoms with Crippen LogP contribution < -0.4 is 15.8 Å². The lowest BCUT2D eigenvalue weighted by Gasteiger charge is -2.31. The van der Waals surface area contributed by atoms with Gasteiger partial charge in [-0.3, -0.25) is 4.79 Å². The van der Waals surface area contributed by atoms with Gasteiger partial charge in [-0.15, -0.1) is 0 Å². The molecule has 0 atom stereocenters. The fraction of sp³-hybridized carbons (Fsp3) is 0.588. The number of rotatable bonds is 8. The number of ether oxygens (including phenoxy) is 1. The summed E-state index contributed by atoms with van der Waals surface area (Å²) in [4.78, 5) is 12.0. The molecule has 0 saturated carbocycles. The topological polar surface area (TPSA) is 64.3 Å². The molecule has 1 aromatic carbocycles. The molecule has 0 heterocycles. The van der Waals surface area contributed by atoms with Crippen molar-refractivity contribution in [1.82, 2.24) is 5.32 Å². The quantitative estimate of drug-likeness (QED) is 0.774. The molecule has 0 unspecified atom stereocenters. The van der Waals surface area contributed by atoms with Crippen molar-refractivity contribution in [3.63, 3.8) is 0 Å². The van der Waals surface area contributed by atoms with Gasteiger partial charge in [0.25, 0.3) is 0 Å². The zero-order valence-corrected chi connectivity index (χ0v) is 13.7. The predicted molar refractivity (Wildman–Crippen MR) is 86.5 cm³/mol.